The van der Waals surface area contributed by atoms with Crippen molar-refractivity contribution in [1.29, 1.82) is 0 Å². The van der Waals surface area contributed by atoms with Crippen LogP contribution >= 0.6 is 0 Å². The Morgan fingerprint density at radius 1 is 0.957 bits per heavy atom. The highest BCUT2D eigenvalue weighted by Gasteiger charge is 2.36. The average Bonchev–Trinajstić information content (AvgIpc) is 2.33. The minimum atomic E-state index is -1.58. The van der Waals surface area contributed by atoms with Gasteiger partial charge in [-0.15, -0.1) is 0 Å². The highest BCUT2D eigenvalue weighted by atomic mass is 28.4. The summed E-state index contributed by atoms with van der Waals surface area (Å²) in [5.74, 6) is -0.250. The summed E-state index contributed by atoms with van der Waals surface area (Å²) >= 11 is 0. The van der Waals surface area contributed by atoms with E-state index in [4.69, 9.17) is 9.16 Å². The Bertz CT molecular complexity index is 373. The first-order valence-corrected chi connectivity index (χ1v) is 11.8. The van der Waals surface area contributed by atoms with Gasteiger partial charge < -0.3 is 9.16 Å². The van der Waals surface area contributed by atoms with Gasteiger partial charge in [-0.05, 0) is 58.2 Å². The van der Waals surface area contributed by atoms with Crippen molar-refractivity contribution in [3.05, 3.63) is 12.2 Å². The standard InChI is InChI=1S/C19H38O3Si/c1-18(2,3)22-17(20)15-13-11-9-10-12-14-16-21-23(7,8)19(4,5)6/h13,15H,9-12,14,16H2,1-8H3/b15-13-. The van der Waals surface area contributed by atoms with Crippen molar-refractivity contribution >= 4 is 14.3 Å². The monoisotopic (exact) mass is 342 g/mol. The number of ether oxygens (including phenoxy) is 1. The molecule has 0 rings (SSSR count). The highest BCUT2D eigenvalue weighted by Crippen LogP contribution is 2.36. The number of esters is 1. The van der Waals surface area contributed by atoms with Crippen molar-refractivity contribution in [2.75, 3.05) is 6.61 Å². The quantitative estimate of drug-likeness (QED) is 0.228. The molecule has 0 aromatic heterocycles. The summed E-state index contributed by atoms with van der Waals surface area (Å²) in [5, 5.41) is 0.291. The summed E-state index contributed by atoms with van der Waals surface area (Å²) in [6.45, 7) is 17.9. The van der Waals surface area contributed by atoms with Crippen LogP contribution in [0.15, 0.2) is 12.2 Å². The van der Waals surface area contributed by atoms with Crippen LogP contribution in [0.2, 0.25) is 18.1 Å². The Labute approximate surface area is 145 Å². The predicted molar refractivity (Wildman–Crippen MR) is 101 cm³/mol. The summed E-state index contributed by atoms with van der Waals surface area (Å²) < 4.78 is 11.4. The van der Waals surface area contributed by atoms with Crippen molar-refractivity contribution in [3.63, 3.8) is 0 Å². The summed E-state index contributed by atoms with van der Waals surface area (Å²) in [6, 6.07) is 0. The van der Waals surface area contributed by atoms with Crippen LogP contribution in [0.5, 0.6) is 0 Å². The molecule has 0 unspecified atom stereocenters. The van der Waals surface area contributed by atoms with Gasteiger partial charge in [-0.25, -0.2) is 4.79 Å². The maximum Gasteiger partial charge on any atom is 0.330 e. The maximum atomic E-state index is 11.5. The van der Waals surface area contributed by atoms with Crippen LogP contribution in [0.1, 0.15) is 73.6 Å². The second kappa shape index (κ2) is 9.63. The summed E-state index contributed by atoms with van der Waals surface area (Å²) in [6.07, 6.45) is 9.00. The predicted octanol–water partition coefficient (Wildman–Crippen LogP) is 5.86. The lowest BCUT2D eigenvalue weighted by Crippen LogP contribution is -2.40. The molecule has 0 aromatic rings. The van der Waals surface area contributed by atoms with Gasteiger partial charge in [-0.3, -0.25) is 0 Å². The molecule has 3 nitrogen and oxygen atoms in total. The molecular formula is C19H38O3Si. The maximum absolute atomic E-state index is 11.5. The van der Waals surface area contributed by atoms with Gasteiger partial charge in [0.1, 0.15) is 5.60 Å². The number of allylic oxidation sites excluding steroid dienone is 1. The molecule has 136 valence electrons. The van der Waals surface area contributed by atoms with Crippen molar-refractivity contribution < 1.29 is 14.0 Å². The molecule has 0 aliphatic heterocycles. The molecule has 23 heavy (non-hydrogen) atoms. The van der Waals surface area contributed by atoms with E-state index in [2.05, 4.69) is 33.9 Å². The molecule has 0 saturated carbocycles. The van der Waals surface area contributed by atoms with Crippen molar-refractivity contribution in [2.45, 2.75) is 97.4 Å². The minimum absolute atomic E-state index is 0.250. The Morgan fingerprint density at radius 3 is 2.04 bits per heavy atom. The molecule has 0 fully saturated rings. The van der Waals surface area contributed by atoms with Crippen LogP contribution in [0.4, 0.5) is 0 Å². The van der Waals surface area contributed by atoms with E-state index in [9.17, 15) is 4.79 Å². The molecule has 0 heterocycles. The SMILES string of the molecule is CC(C)(C)OC(=O)/C=C\CCCCCCO[Si](C)(C)C(C)(C)C. The molecule has 0 N–H and O–H groups in total. The molecule has 0 saturated heterocycles. The first-order chi connectivity index (χ1) is 10.4. The smallest absolute Gasteiger partial charge is 0.330 e. The fraction of sp³-hybridized carbons (Fsp3) is 0.842. The summed E-state index contributed by atoms with van der Waals surface area (Å²) in [4.78, 5) is 11.5. The number of hydrogen-bond donors (Lipinski definition) is 0. The van der Waals surface area contributed by atoms with E-state index in [-0.39, 0.29) is 5.97 Å². The lowest BCUT2D eigenvalue weighted by Gasteiger charge is -2.36. The number of unbranched alkanes of at least 4 members (excludes halogenated alkanes) is 4. The van der Waals surface area contributed by atoms with Crippen LogP contribution in [0, 0.1) is 0 Å². The minimum Gasteiger partial charge on any atom is -0.457 e. The van der Waals surface area contributed by atoms with Gasteiger partial charge in [0.2, 0.25) is 0 Å². The zero-order chi connectivity index (χ0) is 18.1. The van der Waals surface area contributed by atoms with Crippen molar-refractivity contribution in [3.8, 4) is 0 Å². The van der Waals surface area contributed by atoms with Crippen LogP contribution in [-0.2, 0) is 14.0 Å². The molecule has 0 aromatic carbocycles. The van der Waals surface area contributed by atoms with Crippen LogP contribution in [0.25, 0.3) is 0 Å². The Morgan fingerprint density at radius 2 is 1.52 bits per heavy atom. The fourth-order valence-electron chi connectivity index (χ4n) is 1.78. The summed E-state index contributed by atoms with van der Waals surface area (Å²) in [7, 11) is -1.58. The third-order valence-electron chi connectivity index (χ3n) is 4.19. The number of carbonyl (C=O) groups excluding carboxylic acids is 1. The molecule has 0 aliphatic rings. The lowest BCUT2D eigenvalue weighted by molar-refractivity contribution is -0.148. The molecule has 0 aliphatic carbocycles. The van der Waals surface area contributed by atoms with Crippen LogP contribution < -0.4 is 0 Å². The first kappa shape index (κ1) is 22.4. The summed E-state index contributed by atoms with van der Waals surface area (Å²) in [5.41, 5.74) is -0.411. The molecular weight excluding hydrogens is 304 g/mol. The number of hydrogen-bond acceptors (Lipinski definition) is 3. The Kier molecular flexibility index (Phi) is 9.37. The average molecular weight is 343 g/mol. The van der Waals surface area contributed by atoms with E-state index in [0.29, 0.717) is 5.04 Å². The third-order valence-corrected chi connectivity index (χ3v) is 8.73. The van der Waals surface area contributed by atoms with E-state index in [1.807, 2.05) is 26.8 Å². The molecule has 0 bridgehead atoms. The largest absolute Gasteiger partial charge is 0.457 e. The van der Waals surface area contributed by atoms with Gasteiger partial charge in [0.15, 0.2) is 8.32 Å². The van der Waals surface area contributed by atoms with Gasteiger partial charge >= 0.3 is 5.97 Å². The molecule has 0 amide bonds. The van der Waals surface area contributed by atoms with Crippen LogP contribution in [-0.4, -0.2) is 26.5 Å². The highest BCUT2D eigenvalue weighted by molar-refractivity contribution is 6.74. The number of rotatable bonds is 9. The van der Waals surface area contributed by atoms with E-state index < -0.39 is 13.9 Å². The third kappa shape index (κ3) is 11.5. The second-order valence-electron chi connectivity index (χ2n) is 8.75. The van der Waals surface area contributed by atoms with E-state index in [1.165, 1.54) is 12.8 Å². The van der Waals surface area contributed by atoms with E-state index in [1.54, 1.807) is 6.08 Å². The Balaban J connectivity index is 3.67. The first-order valence-electron chi connectivity index (χ1n) is 8.89. The van der Waals surface area contributed by atoms with Crippen molar-refractivity contribution in [1.82, 2.24) is 0 Å². The van der Waals surface area contributed by atoms with Gasteiger partial charge in [0.05, 0.1) is 0 Å². The fourth-order valence-corrected chi connectivity index (χ4v) is 2.86. The molecule has 0 spiro atoms. The van der Waals surface area contributed by atoms with E-state index in [0.717, 1.165) is 25.9 Å². The van der Waals surface area contributed by atoms with Gasteiger partial charge in [0.25, 0.3) is 0 Å². The lowest BCUT2D eigenvalue weighted by atomic mass is 10.1. The van der Waals surface area contributed by atoms with Gasteiger partial charge in [-0.2, -0.15) is 0 Å². The van der Waals surface area contributed by atoms with Gasteiger partial charge in [0, 0.05) is 12.7 Å². The molecule has 0 radical (unpaired) electrons. The zero-order valence-electron chi connectivity index (χ0n) is 16.6. The molecule has 4 heteroatoms. The van der Waals surface area contributed by atoms with Crippen LogP contribution in [0.3, 0.4) is 0 Å². The number of carbonyl (C=O) groups is 1. The topological polar surface area (TPSA) is 35.5 Å². The zero-order valence-corrected chi connectivity index (χ0v) is 17.6. The van der Waals surface area contributed by atoms with E-state index >= 15 is 0 Å². The van der Waals surface area contributed by atoms with Gasteiger partial charge in [-0.1, -0.05) is 39.7 Å². The van der Waals surface area contributed by atoms with Crippen molar-refractivity contribution in [2.24, 2.45) is 0 Å². The Hall–Kier alpha value is -0.613. The molecule has 0 atom stereocenters. The second-order valence-corrected chi connectivity index (χ2v) is 13.6. The normalized spacial score (nSPS) is 13.6.